The molecule has 0 radical (unpaired) electrons. The van der Waals surface area contributed by atoms with Crippen molar-refractivity contribution in [2.45, 2.75) is 45.7 Å². The summed E-state index contributed by atoms with van der Waals surface area (Å²) < 4.78 is 2.11. The quantitative estimate of drug-likeness (QED) is 0.717. The molecule has 1 fully saturated rings. The van der Waals surface area contributed by atoms with Gasteiger partial charge in [-0.2, -0.15) is 0 Å². The fraction of sp³-hybridized carbons (Fsp3) is 0.368. The van der Waals surface area contributed by atoms with Crippen molar-refractivity contribution in [1.82, 2.24) is 19.5 Å². The lowest BCUT2D eigenvalue weighted by molar-refractivity contribution is 0.101. The van der Waals surface area contributed by atoms with Crippen molar-refractivity contribution in [2.24, 2.45) is 0 Å². The topological polar surface area (TPSA) is 72.7 Å². The van der Waals surface area contributed by atoms with Gasteiger partial charge in [0.2, 0.25) is 0 Å². The summed E-state index contributed by atoms with van der Waals surface area (Å²) in [5.74, 6) is 1.65. The number of fused-ring (bicyclic) bond motifs is 1. The number of benzene rings is 1. The number of nitrogens with one attached hydrogen (secondary N) is 1. The maximum absolute atomic E-state index is 11.7. The van der Waals surface area contributed by atoms with Gasteiger partial charge in [0.05, 0.1) is 0 Å². The van der Waals surface area contributed by atoms with E-state index in [2.05, 4.69) is 33.7 Å². The second-order valence-electron chi connectivity index (χ2n) is 6.85. The highest BCUT2D eigenvalue weighted by Gasteiger charge is 2.25. The number of aromatic nitrogens is 4. The van der Waals surface area contributed by atoms with Crippen molar-refractivity contribution in [3.8, 4) is 11.4 Å². The van der Waals surface area contributed by atoms with Crippen molar-refractivity contribution in [3.63, 3.8) is 0 Å². The molecule has 0 amide bonds. The standard InChI is InChI=1S/C19H21N5O/c1-11(2)24-18(14-6-4-5-13(9-14)12(3)25)23-16-17(22-15-7-8-15)20-10-21-19(16)24/h4-6,9-11,15H,7-8H2,1-3H3,(H,20,21,22). The number of nitrogens with zero attached hydrogens (tertiary/aromatic N) is 4. The number of rotatable bonds is 5. The van der Waals surface area contributed by atoms with E-state index in [0.717, 1.165) is 28.4 Å². The van der Waals surface area contributed by atoms with E-state index in [0.29, 0.717) is 11.6 Å². The Labute approximate surface area is 146 Å². The first-order chi connectivity index (χ1) is 12.0. The van der Waals surface area contributed by atoms with E-state index in [9.17, 15) is 4.79 Å². The number of carbonyl (C=O) groups excluding carboxylic acids is 1. The molecule has 1 aliphatic rings. The fourth-order valence-electron chi connectivity index (χ4n) is 3.01. The van der Waals surface area contributed by atoms with E-state index >= 15 is 0 Å². The number of hydrogen-bond acceptors (Lipinski definition) is 5. The lowest BCUT2D eigenvalue weighted by Gasteiger charge is -2.12. The molecule has 3 aromatic rings. The first-order valence-electron chi connectivity index (χ1n) is 8.65. The van der Waals surface area contributed by atoms with Crippen LogP contribution in [-0.2, 0) is 0 Å². The minimum Gasteiger partial charge on any atom is -0.365 e. The van der Waals surface area contributed by atoms with Crippen molar-refractivity contribution in [1.29, 1.82) is 0 Å². The van der Waals surface area contributed by atoms with Gasteiger partial charge in [0.15, 0.2) is 22.8 Å². The van der Waals surface area contributed by atoms with E-state index in [4.69, 9.17) is 4.98 Å². The van der Waals surface area contributed by atoms with Crippen LogP contribution in [0.3, 0.4) is 0 Å². The molecule has 6 heteroatoms. The van der Waals surface area contributed by atoms with Crippen LogP contribution in [0.5, 0.6) is 0 Å². The van der Waals surface area contributed by atoms with Gasteiger partial charge in [-0.1, -0.05) is 18.2 Å². The second-order valence-corrected chi connectivity index (χ2v) is 6.85. The van der Waals surface area contributed by atoms with Crippen LogP contribution in [0.2, 0.25) is 0 Å². The molecule has 0 saturated heterocycles. The third-order valence-corrected chi connectivity index (χ3v) is 4.44. The van der Waals surface area contributed by atoms with Gasteiger partial charge < -0.3 is 9.88 Å². The number of hydrogen-bond donors (Lipinski definition) is 1. The molecular formula is C19H21N5O. The zero-order chi connectivity index (χ0) is 17.6. The van der Waals surface area contributed by atoms with Crippen LogP contribution >= 0.6 is 0 Å². The Bertz CT molecular complexity index is 956. The Morgan fingerprint density at radius 3 is 2.76 bits per heavy atom. The van der Waals surface area contributed by atoms with Gasteiger partial charge >= 0.3 is 0 Å². The van der Waals surface area contributed by atoms with Gasteiger partial charge in [-0.3, -0.25) is 4.79 Å². The Kier molecular flexibility index (Phi) is 3.75. The minimum atomic E-state index is 0.0462. The summed E-state index contributed by atoms with van der Waals surface area (Å²) in [7, 11) is 0. The summed E-state index contributed by atoms with van der Waals surface area (Å²) in [5.41, 5.74) is 3.20. The van der Waals surface area contributed by atoms with Crippen LogP contribution in [0.4, 0.5) is 5.82 Å². The third-order valence-electron chi connectivity index (χ3n) is 4.44. The van der Waals surface area contributed by atoms with E-state index in [1.165, 1.54) is 12.8 Å². The zero-order valence-corrected chi connectivity index (χ0v) is 14.7. The molecule has 1 saturated carbocycles. The van der Waals surface area contributed by atoms with E-state index < -0.39 is 0 Å². The van der Waals surface area contributed by atoms with Crippen LogP contribution in [0.1, 0.15) is 50.0 Å². The molecule has 6 nitrogen and oxygen atoms in total. The molecule has 0 aliphatic heterocycles. The van der Waals surface area contributed by atoms with Crippen LogP contribution in [-0.4, -0.2) is 31.3 Å². The monoisotopic (exact) mass is 335 g/mol. The number of anilines is 1. The molecular weight excluding hydrogens is 314 g/mol. The second kappa shape index (κ2) is 5.95. The number of imidazole rings is 1. The summed E-state index contributed by atoms with van der Waals surface area (Å²) in [6.45, 7) is 5.79. The molecule has 0 atom stereocenters. The SMILES string of the molecule is CC(=O)c1cccc(-c2nc3c(NC4CC4)ncnc3n2C(C)C)c1. The van der Waals surface area contributed by atoms with Gasteiger partial charge in [-0.15, -0.1) is 0 Å². The summed E-state index contributed by atoms with van der Waals surface area (Å²) >= 11 is 0. The first kappa shape index (κ1) is 15.7. The summed E-state index contributed by atoms with van der Waals surface area (Å²) in [5, 5.41) is 3.44. The average Bonchev–Trinajstić information content (AvgIpc) is 3.31. The number of Topliss-reactive ketones (excluding diaryl/α,β-unsaturated/α-hetero) is 1. The van der Waals surface area contributed by atoms with E-state index in [-0.39, 0.29) is 11.8 Å². The molecule has 1 aromatic carbocycles. The van der Waals surface area contributed by atoms with E-state index in [1.54, 1.807) is 13.3 Å². The normalized spacial score (nSPS) is 14.2. The van der Waals surface area contributed by atoms with E-state index in [1.807, 2.05) is 24.3 Å². The van der Waals surface area contributed by atoms with Crippen LogP contribution < -0.4 is 5.32 Å². The van der Waals surface area contributed by atoms with Crippen molar-refractivity contribution in [2.75, 3.05) is 5.32 Å². The lowest BCUT2D eigenvalue weighted by atomic mass is 10.1. The molecule has 0 unspecified atom stereocenters. The molecule has 0 spiro atoms. The molecule has 1 aliphatic carbocycles. The van der Waals surface area contributed by atoms with Gasteiger partial charge in [-0.25, -0.2) is 15.0 Å². The molecule has 0 bridgehead atoms. The highest BCUT2D eigenvalue weighted by molar-refractivity contribution is 5.95. The van der Waals surface area contributed by atoms with Crippen molar-refractivity contribution >= 4 is 22.8 Å². The molecule has 2 heterocycles. The minimum absolute atomic E-state index is 0.0462. The van der Waals surface area contributed by atoms with Crippen molar-refractivity contribution in [3.05, 3.63) is 36.2 Å². The zero-order valence-electron chi connectivity index (χ0n) is 14.7. The fourth-order valence-corrected chi connectivity index (χ4v) is 3.01. The predicted molar refractivity (Wildman–Crippen MR) is 97.8 cm³/mol. The van der Waals surface area contributed by atoms with Gasteiger partial charge in [0.25, 0.3) is 0 Å². The Balaban J connectivity index is 1.92. The smallest absolute Gasteiger partial charge is 0.166 e. The maximum Gasteiger partial charge on any atom is 0.166 e. The van der Waals surface area contributed by atoms with Crippen molar-refractivity contribution < 1.29 is 4.79 Å². The first-order valence-corrected chi connectivity index (χ1v) is 8.65. The number of carbonyl (C=O) groups is 1. The average molecular weight is 335 g/mol. The van der Waals surface area contributed by atoms with Crippen LogP contribution in [0, 0.1) is 0 Å². The highest BCUT2D eigenvalue weighted by atomic mass is 16.1. The van der Waals surface area contributed by atoms with Crippen LogP contribution in [0.15, 0.2) is 30.6 Å². The Morgan fingerprint density at radius 1 is 1.28 bits per heavy atom. The predicted octanol–water partition coefficient (Wildman–Crippen LogP) is 3.85. The van der Waals surface area contributed by atoms with Gasteiger partial charge in [-0.05, 0) is 39.7 Å². The summed E-state index contributed by atoms with van der Waals surface area (Å²) in [4.78, 5) is 25.5. The van der Waals surface area contributed by atoms with Crippen LogP contribution in [0.25, 0.3) is 22.6 Å². The molecule has 2 aromatic heterocycles. The number of ketones is 1. The Morgan fingerprint density at radius 2 is 2.08 bits per heavy atom. The Hall–Kier alpha value is -2.76. The summed E-state index contributed by atoms with van der Waals surface area (Å²) in [6, 6.07) is 8.27. The highest BCUT2D eigenvalue weighted by Crippen LogP contribution is 2.32. The van der Waals surface area contributed by atoms with Gasteiger partial charge in [0, 0.05) is 23.2 Å². The summed E-state index contributed by atoms with van der Waals surface area (Å²) in [6.07, 6.45) is 3.93. The molecule has 25 heavy (non-hydrogen) atoms. The third kappa shape index (κ3) is 2.88. The molecule has 1 N–H and O–H groups in total. The lowest BCUT2D eigenvalue weighted by Crippen LogP contribution is -2.06. The largest absolute Gasteiger partial charge is 0.365 e. The molecule has 4 rings (SSSR count). The van der Waals surface area contributed by atoms with Gasteiger partial charge in [0.1, 0.15) is 12.2 Å². The molecule has 128 valence electrons. The maximum atomic E-state index is 11.7.